The summed E-state index contributed by atoms with van der Waals surface area (Å²) in [5.74, 6) is 0. The summed E-state index contributed by atoms with van der Waals surface area (Å²) in [6.45, 7) is 0. The third-order valence-corrected chi connectivity index (χ3v) is 7.76. The van der Waals surface area contributed by atoms with E-state index in [2.05, 4.69) is 4.57 Å². The van der Waals surface area contributed by atoms with Gasteiger partial charge in [0.2, 0.25) is 10.0 Å². The van der Waals surface area contributed by atoms with Crippen LogP contribution in [0.1, 0.15) is 18.9 Å². The summed E-state index contributed by atoms with van der Waals surface area (Å²) in [6, 6.07) is 15.4. The number of hydrogen-bond donors (Lipinski definition) is 0. The first-order valence-electron chi connectivity index (χ1n) is 8.90. The fraction of sp³-hybridized carbons (Fsp3) is 0.250. The van der Waals surface area contributed by atoms with Crippen LogP contribution in [0.3, 0.4) is 0 Å². The maximum Gasteiger partial charge on any atom is 0.244 e. The highest BCUT2D eigenvalue weighted by molar-refractivity contribution is 7.89. The second-order valence-electron chi connectivity index (χ2n) is 6.88. The first-order valence-corrected chi connectivity index (χ1v) is 11.6. The van der Waals surface area contributed by atoms with Crippen molar-refractivity contribution in [1.82, 2.24) is 8.87 Å². The molecular weight excluding hydrogens is 414 g/mol. The van der Waals surface area contributed by atoms with E-state index in [9.17, 15) is 8.42 Å². The van der Waals surface area contributed by atoms with Gasteiger partial charge in [-0.3, -0.25) is 0 Å². The topological polar surface area (TPSA) is 54.7 Å². The molecule has 0 N–H and O–H groups in total. The van der Waals surface area contributed by atoms with E-state index < -0.39 is 10.0 Å². The number of nitrogens with zero attached hydrogens (tertiary/aromatic N) is 3. The molecule has 0 spiro atoms. The molecule has 1 saturated carbocycles. The average molecular weight is 434 g/mol. The Bertz CT molecular complexity index is 1180. The largest absolute Gasteiger partial charge is 0.313 e. The third-order valence-electron chi connectivity index (χ3n) is 4.62. The molecule has 0 bridgehead atoms. The van der Waals surface area contributed by atoms with Gasteiger partial charge in [-0.05, 0) is 37.1 Å². The van der Waals surface area contributed by atoms with E-state index in [-0.39, 0.29) is 9.92 Å². The van der Waals surface area contributed by atoms with E-state index in [1.54, 1.807) is 23.5 Å². The molecule has 0 radical (unpaired) electrons. The lowest BCUT2D eigenvalue weighted by atomic mass is 10.2. The first kappa shape index (κ1) is 19.4. The molecule has 1 heterocycles. The zero-order valence-electron chi connectivity index (χ0n) is 15.5. The van der Waals surface area contributed by atoms with Crippen molar-refractivity contribution >= 4 is 38.6 Å². The molecule has 0 amide bonds. The van der Waals surface area contributed by atoms with Crippen molar-refractivity contribution in [2.24, 2.45) is 4.99 Å². The quantitative estimate of drug-likeness (QED) is 0.586. The number of rotatable bonds is 5. The van der Waals surface area contributed by atoms with Crippen molar-refractivity contribution in [3.05, 3.63) is 63.7 Å². The molecule has 3 aromatic rings. The Hall–Kier alpha value is -1.93. The van der Waals surface area contributed by atoms with Gasteiger partial charge in [-0.15, -0.1) is 11.3 Å². The summed E-state index contributed by atoms with van der Waals surface area (Å²) in [5, 5.41) is 2.26. The molecule has 0 unspecified atom stereocenters. The van der Waals surface area contributed by atoms with E-state index in [0.717, 1.165) is 34.6 Å². The molecule has 5 nitrogen and oxygen atoms in total. The second-order valence-corrected chi connectivity index (χ2v) is 10.2. The predicted octanol–water partition coefficient (Wildman–Crippen LogP) is 4.69. The molecule has 1 fully saturated rings. The molecular formula is C20H20ClN3O2S2. The molecule has 0 atom stereocenters. The highest BCUT2D eigenvalue weighted by Gasteiger charge is 2.28. The molecule has 2 aromatic carbocycles. The van der Waals surface area contributed by atoms with Gasteiger partial charge in [0, 0.05) is 31.1 Å². The lowest BCUT2D eigenvalue weighted by Gasteiger charge is -2.14. The summed E-state index contributed by atoms with van der Waals surface area (Å²) >= 11 is 7.77. The Balaban J connectivity index is 1.87. The minimum absolute atomic E-state index is 0.117. The van der Waals surface area contributed by atoms with Crippen molar-refractivity contribution in [1.29, 1.82) is 0 Å². The highest BCUT2D eigenvalue weighted by Crippen LogP contribution is 2.39. The fourth-order valence-electron chi connectivity index (χ4n) is 2.97. The van der Waals surface area contributed by atoms with Crippen LogP contribution in [0.25, 0.3) is 11.3 Å². The van der Waals surface area contributed by atoms with Gasteiger partial charge in [0.1, 0.15) is 4.90 Å². The van der Waals surface area contributed by atoms with Crippen LogP contribution in [-0.2, 0) is 10.0 Å². The number of para-hydroxylation sites is 1. The van der Waals surface area contributed by atoms with E-state index >= 15 is 0 Å². The molecule has 28 heavy (non-hydrogen) atoms. The van der Waals surface area contributed by atoms with Crippen molar-refractivity contribution in [2.45, 2.75) is 23.8 Å². The zero-order valence-corrected chi connectivity index (χ0v) is 17.9. The van der Waals surface area contributed by atoms with Crippen LogP contribution in [-0.4, -0.2) is 31.4 Å². The smallest absolute Gasteiger partial charge is 0.244 e. The molecule has 1 aromatic heterocycles. The summed E-state index contributed by atoms with van der Waals surface area (Å²) < 4.78 is 28.7. The van der Waals surface area contributed by atoms with Gasteiger partial charge < -0.3 is 4.57 Å². The van der Waals surface area contributed by atoms with Gasteiger partial charge in [-0.25, -0.2) is 17.7 Å². The number of benzene rings is 2. The molecule has 0 aliphatic heterocycles. The SMILES string of the molecule is CN(C)S(=O)(=O)c1cc(-c2cs/c(=N/c3ccccc3)n2C2CC2)ccc1Cl. The minimum atomic E-state index is -3.63. The number of aromatic nitrogens is 1. The first-order chi connectivity index (χ1) is 13.4. The second kappa shape index (κ2) is 7.48. The van der Waals surface area contributed by atoms with Crippen LogP contribution in [0, 0.1) is 0 Å². The maximum absolute atomic E-state index is 12.6. The van der Waals surface area contributed by atoms with Crippen LogP contribution in [0.2, 0.25) is 5.02 Å². The number of sulfonamides is 1. The summed E-state index contributed by atoms with van der Waals surface area (Å²) in [7, 11) is -0.617. The van der Waals surface area contributed by atoms with E-state index in [1.807, 2.05) is 41.8 Å². The van der Waals surface area contributed by atoms with E-state index in [4.69, 9.17) is 16.6 Å². The minimum Gasteiger partial charge on any atom is -0.313 e. The molecule has 146 valence electrons. The van der Waals surface area contributed by atoms with E-state index in [0.29, 0.717) is 6.04 Å². The Kier molecular flexibility index (Phi) is 5.18. The standard InChI is InChI=1S/C20H20ClN3O2S2/c1-23(2)28(25,26)19-12-14(8-11-17(19)21)18-13-27-20(24(18)16-9-10-16)22-15-6-4-3-5-7-15/h3-8,11-13,16H,9-10H2,1-2H3/b22-20+. The lowest BCUT2D eigenvalue weighted by molar-refractivity contribution is 0.521. The van der Waals surface area contributed by atoms with Crippen molar-refractivity contribution in [3.8, 4) is 11.3 Å². The fourth-order valence-corrected chi connectivity index (χ4v) is 5.35. The van der Waals surface area contributed by atoms with E-state index in [1.165, 1.54) is 18.4 Å². The van der Waals surface area contributed by atoms with Crippen molar-refractivity contribution in [2.75, 3.05) is 14.1 Å². The van der Waals surface area contributed by atoms with Crippen molar-refractivity contribution < 1.29 is 8.42 Å². The highest BCUT2D eigenvalue weighted by atomic mass is 35.5. The normalized spacial score (nSPS) is 15.4. The van der Waals surface area contributed by atoms with Crippen LogP contribution >= 0.6 is 22.9 Å². The average Bonchev–Trinajstić information content (AvgIpc) is 3.43. The predicted molar refractivity (Wildman–Crippen MR) is 114 cm³/mol. The van der Waals surface area contributed by atoms with Crippen molar-refractivity contribution in [3.63, 3.8) is 0 Å². The van der Waals surface area contributed by atoms with Gasteiger partial charge >= 0.3 is 0 Å². The zero-order chi connectivity index (χ0) is 19.9. The van der Waals surface area contributed by atoms with Gasteiger partial charge in [0.15, 0.2) is 4.80 Å². The van der Waals surface area contributed by atoms with Gasteiger partial charge in [0.05, 0.1) is 16.4 Å². The Morgan fingerprint density at radius 1 is 1.14 bits per heavy atom. The van der Waals surface area contributed by atoms with Gasteiger partial charge in [-0.2, -0.15) is 0 Å². The monoisotopic (exact) mass is 433 g/mol. The molecule has 4 rings (SSSR count). The molecule has 0 saturated heterocycles. The van der Waals surface area contributed by atoms with Crippen LogP contribution < -0.4 is 4.80 Å². The Morgan fingerprint density at radius 3 is 2.50 bits per heavy atom. The summed E-state index contributed by atoms with van der Waals surface area (Å²) in [4.78, 5) is 5.82. The number of thiazole rings is 1. The van der Waals surface area contributed by atoms with Crippen LogP contribution in [0.4, 0.5) is 5.69 Å². The molecule has 8 heteroatoms. The van der Waals surface area contributed by atoms with Gasteiger partial charge in [0.25, 0.3) is 0 Å². The summed E-state index contributed by atoms with van der Waals surface area (Å²) in [5.41, 5.74) is 2.69. The van der Waals surface area contributed by atoms with Crippen LogP contribution in [0.15, 0.2) is 63.8 Å². The maximum atomic E-state index is 12.6. The van der Waals surface area contributed by atoms with Gasteiger partial charge in [-0.1, -0.05) is 35.9 Å². The lowest BCUT2D eigenvalue weighted by Crippen LogP contribution is -2.22. The van der Waals surface area contributed by atoms with Crippen LogP contribution in [0.5, 0.6) is 0 Å². The molecule has 1 aliphatic carbocycles. The molecule has 1 aliphatic rings. The number of halogens is 1. The Morgan fingerprint density at radius 2 is 1.86 bits per heavy atom. The Labute approximate surface area is 173 Å². The third kappa shape index (κ3) is 3.67. The number of hydrogen-bond acceptors (Lipinski definition) is 4. The summed E-state index contributed by atoms with van der Waals surface area (Å²) in [6.07, 6.45) is 2.20.